The highest BCUT2D eigenvalue weighted by Crippen LogP contribution is 2.51. The van der Waals surface area contributed by atoms with Crippen molar-refractivity contribution in [1.82, 2.24) is 10.6 Å². The van der Waals surface area contributed by atoms with E-state index in [0.29, 0.717) is 11.2 Å². The molecule has 48 heavy (non-hydrogen) atoms. The molecule has 0 amide bonds. The van der Waals surface area contributed by atoms with Crippen LogP contribution in [-0.2, 0) is 13.1 Å². The van der Waals surface area contributed by atoms with Crippen LogP contribution in [0, 0.1) is 0 Å². The van der Waals surface area contributed by atoms with Gasteiger partial charge in [-0.2, -0.15) is 0 Å². The van der Waals surface area contributed by atoms with Crippen LogP contribution in [0.5, 0.6) is 0 Å². The van der Waals surface area contributed by atoms with Crippen LogP contribution in [0.25, 0.3) is 43.4 Å². The molecule has 9 rings (SSSR count). The van der Waals surface area contributed by atoms with Gasteiger partial charge in [0.1, 0.15) is 0 Å². The Morgan fingerprint density at radius 1 is 0.542 bits per heavy atom. The van der Waals surface area contributed by atoms with Gasteiger partial charge < -0.3 is 0 Å². The number of nitrogens with one attached hydrogen (secondary N) is 2. The van der Waals surface area contributed by atoms with Crippen LogP contribution in [0.3, 0.4) is 0 Å². The molecule has 3 atom stereocenters. The average molecular weight is 637 g/mol. The van der Waals surface area contributed by atoms with Crippen LogP contribution in [0.1, 0.15) is 34.3 Å². The van der Waals surface area contributed by atoms with Crippen molar-refractivity contribution in [2.45, 2.75) is 35.3 Å². The van der Waals surface area contributed by atoms with Gasteiger partial charge in [-0.25, -0.2) is 0 Å². The van der Waals surface area contributed by atoms with Gasteiger partial charge in [0, 0.05) is 29.2 Å². The summed E-state index contributed by atoms with van der Waals surface area (Å²) in [5, 5.41) is 16.0. The summed E-state index contributed by atoms with van der Waals surface area (Å²) in [7, 11) is 0. The quantitative estimate of drug-likeness (QED) is 0.128. The second-order valence-corrected chi connectivity index (χ2v) is 14.2. The van der Waals surface area contributed by atoms with Gasteiger partial charge in [-0.15, -0.1) is 11.8 Å². The summed E-state index contributed by atoms with van der Waals surface area (Å²) in [6.45, 7) is 1.55. The summed E-state index contributed by atoms with van der Waals surface area (Å²) < 4.78 is 0. The molecular formula is C45H36N2S. The monoisotopic (exact) mass is 636 g/mol. The van der Waals surface area contributed by atoms with Gasteiger partial charge in [0.15, 0.2) is 0 Å². The highest BCUT2D eigenvalue weighted by atomic mass is 32.2. The second-order valence-electron chi connectivity index (χ2n) is 12.9. The lowest BCUT2D eigenvalue weighted by molar-refractivity contribution is 0.436. The lowest BCUT2D eigenvalue weighted by Gasteiger charge is -2.22. The van der Waals surface area contributed by atoms with Crippen molar-refractivity contribution in [3.8, 4) is 11.1 Å². The van der Waals surface area contributed by atoms with Crippen LogP contribution in [0.15, 0.2) is 169 Å². The first-order chi connectivity index (χ1) is 23.8. The molecule has 1 aliphatic heterocycles. The van der Waals surface area contributed by atoms with E-state index < -0.39 is 0 Å². The van der Waals surface area contributed by atoms with Gasteiger partial charge in [-0.1, -0.05) is 146 Å². The number of allylic oxidation sites excluding steroid dienone is 3. The zero-order valence-electron chi connectivity index (χ0n) is 26.6. The molecule has 7 aromatic carbocycles. The molecule has 0 saturated heterocycles. The molecule has 3 unspecified atom stereocenters. The molecule has 3 heteroatoms. The van der Waals surface area contributed by atoms with Gasteiger partial charge in [0.2, 0.25) is 0 Å². The van der Waals surface area contributed by atoms with Gasteiger partial charge in [0.05, 0.1) is 6.17 Å². The average Bonchev–Trinajstić information content (AvgIpc) is 3.54. The minimum absolute atomic E-state index is 0.0139. The van der Waals surface area contributed by atoms with Crippen molar-refractivity contribution < 1.29 is 0 Å². The summed E-state index contributed by atoms with van der Waals surface area (Å²) in [5.41, 5.74) is 7.76. The fraction of sp³-hybridized carbons (Fsp3) is 0.111. The number of benzene rings is 7. The van der Waals surface area contributed by atoms with Crippen LogP contribution in [0.2, 0.25) is 0 Å². The van der Waals surface area contributed by atoms with E-state index in [2.05, 4.69) is 174 Å². The molecule has 232 valence electrons. The molecule has 0 spiro atoms. The van der Waals surface area contributed by atoms with Crippen molar-refractivity contribution in [2.24, 2.45) is 0 Å². The van der Waals surface area contributed by atoms with Crippen LogP contribution in [0.4, 0.5) is 0 Å². The summed E-state index contributed by atoms with van der Waals surface area (Å²) in [6.07, 6.45) is 9.16. The third-order valence-corrected chi connectivity index (χ3v) is 11.3. The molecule has 0 bridgehead atoms. The van der Waals surface area contributed by atoms with E-state index in [9.17, 15) is 0 Å². The maximum absolute atomic E-state index is 3.81. The fourth-order valence-electron chi connectivity index (χ4n) is 7.43. The van der Waals surface area contributed by atoms with E-state index in [1.807, 2.05) is 11.8 Å². The van der Waals surface area contributed by atoms with Gasteiger partial charge in [-0.05, 0) is 83.9 Å². The first kappa shape index (κ1) is 29.2. The van der Waals surface area contributed by atoms with Crippen molar-refractivity contribution in [3.63, 3.8) is 0 Å². The molecule has 7 aromatic rings. The Morgan fingerprint density at radius 3 is 2.08 bits per heavy atom. The van der Waals surface area contributed by atoms with Crippen LogP contribution in [-0.4, -0.2) is 5.25 Å². The zero-order chi connectivity index (χ0) is 31.9. The van der Waals surface area contributed by atoms with E-state index in [1.165, 1.54) is 70.6 Å². The van der Waals surface area contributed by atoms with Crippen LogP contribution >= 0.6 is 11.8 Å². The fourth-order valence-corrected chi connectivity index (χ4v) is 8.78. The summed E-state index contributed by atoms with van der Waals surface area (Å²) in [4.78, 5) is 1.42. The Morgan fingerprint density at radius 2 is 1.23 bits per heavy atom. The number of thioether (sulfide) groups is 1. The molecule has 0 radical (unpaired) electrons. The maximum Gasteiger partial charge on any atom is 0.0840 e. The molecule has 0 aromatic heterocycles. The third kappa shape index (κ3) is 5.54. The minimum Gasteiger partial charge on any atom is -0.294 e. The zero-order valence-corrected chi connectivity index (χ0v) is 27.5. The normalized spacial score (nSPS) is 17.2. The molecule has 2 N–H and O–H groups in total. The van der Waals surface area contributed by atoms with E-state index in [0.717, 1.165) is 13.1 Å². The number of rotatable bonds is 8. The lowest BCUT2D eigenvalue weighted by Crippen LogP contribution is -2.33. The third-order valence-electron chi connectivity index (χ3n) is 9.94. The predicted octanol–water partition coefficient (Wildman–Crippen LogP) is 11.1. The Hall–Kier alpha value is -4.93. The minimum atomic E-state index is 0.0139. The molecule has 2 nitrogen and oxygen atoms in total. The number of hydrogen-bond donors (Lipinski definition) is 2. The Kier molecular flexibility index (Phi) is 7.67. The number of fused-ring (bicyclic) bond motifs is 8. The maximum atomic E-state index is 3.81. The summed E-state index contributed by atoms with van der Waals surface area (Å²) in [5.74, 6) is 0.444. The standard InChI is InChI=1S/C45H36N2S/c1-2-8-30(9-3-1)28-46-45(38-21-18-32-10-4-5-11-35(32)27-38)47-29-31-14-16-33(17-15-31)36-22-24-39-37(26-36)20-19-34-23-25-42-44(43(34)39)40-12-6-7-13-41(40)48-42/h1-27,40-41,45-47H,28-29H2. The lowest BCUT2D eigenvalue weighted by atomic mass is 9.86. The predicted molar refractivity (Wildman–Crippen MR) is 204 cm³/mol. The molecule has 1 heterocycles. The molecule has 1 aliphatic carbocycles. The van der Waals surface area contributed by atoms with Gasteiger partial charge in [-0.3, -0.25) is 10.6 Å². The van der Waals surface area contributed by atoms with E-state index in [-0.39, 0.29) is 6.17 Å². The SMILES string of the molecule is C1=CC2Sc3ccc4ccc5cc(-c6ccc(CNC(NCc7ccccc7)c7ccc8ccccc8c7)cc6)ccc5c4c3C2C=C1. The Balaban J connectivity index is 0.965. The highest BCUT2D eigenvalue weighted by Gasteiger charge is 2.33. The Labute approximate surface area is 286 Å². The Bertz CT molecular complexity index is 2340. The largest absolute Gasteiger partial charge is 0.294 e. The van der Waals surface area contributed by atoms with Crippen molar-refractivity contribution in [1.29, 1.82) is 0 Å². The van der Waals surface area contributed by atoms with Gasteiger partial charge in [0.25, 0.3) is 0 Å². The molecular weight excluding hydrogens is 601 g/mol. The van der Waals surface area contributed by atoms with Crippen molar-refractivity contribution >= 4 is 44.1 Å². The molecule has 2 aliphatic rings. The van der Waals surface area contributed by atoms with Gasteiger partial charge >= 0.3 is 0 Å². The molecule has 0 saturated carbocycles. The smallest absolute Gasteiger partial charge is 0.0840 e. The van der Waals surface area contributed by atoms with E-state index >= 15 is 0 Å². The summed E-state index contributed by atoms with van der Waals surface area (Å²) in [6, 6.07) is 51.2. The van der Waals surface area contributed by atoms with Crippen molar-refractivity contribution in [3.05, 3.63) is 186 Å². The topological polar surface area (TPSA) is 24.1 Å². The number of hydrogen-bond acceptors (Lipinski definition) is 3. The first-order valence-electron chi connectivity index (χ1n) is 16.9. The second kappa shape index (κ2) is 12.6. The first-order valence-corrected chi connectivity index (χ1v) is 17.7. The van der Waals surface area contributed by atoms with E-state index in [4.69, 9.17) is 0 Å². The summed E-state index contributed by atoms with van der Waals surface area (Å²) >= 11 is 2.00. The van der Waals surface area contributed by atoms with E-state index in [1.54, 1.807) is 0 Å². The van der Waals surface area contributed by atoms with Crippen LogP contribution < -0.4 is 10.6 Å². The highest BCUT2D eigenvalue weighted by molar-refractivity contribution is 8.00. The van der Waals surface area contributed by atoms with Crippen molar-refractivity contribution in [2.75, 3.05) is 0 Å². The molecule has 0 fully saturated rings.